The van der Waals surface area contributed by atoms with Crippen molar-refractivity contribution in [1.82, 2.24) is 10.2 Å². The van der Waals surface area contributed by atoms with Crippen LogP contribution in [0.25, 0.3) is 0 Å². The maximum absolute atomic E-state index is 14.6. The minimum Gasteiger partial charge on any atom is -0.350 e. The lowest BCUT2D eigenvalue weighted by molar-refractivity contribution is -0.140. The molecule has 0 spiro atoms. The van der Waals surface area contributed by atoms with Gasteiger partial charge in [0.05, 0.1) is 10.6 Å². The van der Waals surface area contributed by atoms with Gasteiger partial charge in [-0.05, 0) is 79.8 Å². The molecule has 0 saturated heterocycles. The number of hydrogen-bond donors (Lipinski definition) is 1. The highest BCUT2D eigenvalue weighted by Crippen LogP contribution is 2.27. The third kappa shape index (κ3) is 9.21. The first-order valence-electron chi connectivity index (χ1n) is 15.3. The number of nitrogens with one attached hydrogen (secondary N) is 1. The van der Waals surface area contributed by atoms with Crippen molar-refractivity contribution in [3.05, 3.63) is 131 Å². The highest BCUT2D eigenvalue weighted by molar-refractivity contribution is 7.92. The maximum atomic E-state index is 14.6. The minimum absolute atomic E-state index is 0.0614. The summed E-state index contributed by atoms with van der Waals surface area (Å²) in [6, 6.07) is 30.8. The zero-order valence-corrected chi connectivity index (χ0v) is 28.6. The fourth-order valence-electron chi connectivity index (χ4n) is 5.07. The van der Waals surface area contributed by atoms with E-state index in [1.807, 2.05) is 63.2 Å². The van der Waals surface area contributed by atoms with E-state index in [-0.39, 0.29) is 29.7 Å². The zero-order chi connectivity index (χ0) is 33.5. The number of amides is 2. The monoisotopic (exact) mass is 659 g/mol. The molecule has 2 amide bonds. The lowest BCUT2D eigenvalue weighted by Crippen LogP contribution is -2.56. The van der Waals surface area contributed by atoms with Gasteiger partial charge in [-0.1, -0.05) is 98.2 Å². The van der Waals surface area contributed by atoms with E-state index in [0.29, 0.717) is 10.7 Å². The second kappa shape index (κ2) is 15.0. The molecule has 0 aliphatic heterocycles. The number of carbonyl (C=O) groups is 2. The minimum atomic E-state index is -4.16. The first-order chi connectivity index (χ1) is 21.7. The molecule has 0 fully saturated rings. The molecule has 1 unspecified atom stereocenters. The molecule has 4 rings (SSSR count). The van der Waals surface area contributed by atoms with Crippen LogP contribution >= 0.6 is 11.6 Å². The molecule has 0 radical (unpaired) electrons. The molecule has 0 saturated carbocycles. The summed E-state index contributed by atoms with van der Waals surface area (Å²) in [7, 11) is -4.16. The van der Waals surface area contributed by atoms with E-state index in [0.717, 1.165) is 21.0 Å². The smallest absolute Gasteiger partial charge is 0.264 e. The predicted molar refractivity (Wildman–Crippen MR) is 185 cm³/mol. The van der Waals surface area contributed by atoms with E-state index >= 15 is 0 Å². The van der Waals surface area contributed by atoms with E-state index in [4.69, 9.17) is 11.6 Å². The standard InChI is InChI=1S/C37H42ClN3O4S/c1-27(2)30-18-22-32(23-19-30)41(46(44,45)33-14-10-7-11-15-33)26-35(42)40(25-29-16-20-31(38)21-17-29)34(36(43)39-37(3,4)5)24-28-12-8-6-9-13-28/h6-23,27,34H,24-26H2,1-5H3,(H,39,43). The molecule has 46 heavy (non-hydrogen) atoms. The summed E-state index contributed by atoms with van der Waals surface area (Å²) < 4.78 is 29.4. The summed E-state index contributed by atoms with van der Waals surface area (Å²) in [5, 5.41) is 3.58. The van der Waals surface area contributed by atoms with Crippen LogP contribution in [0.1, 0.15) is 57.2 Å². The van der Waals surface area contributed by atoms with Gasteiger partial charge >= 0.3 is 0 Å². The molecule has 0 bridgehead atoms. The number of sulfonamides is 1. The van der Waals surface area contributed by atoms with E-state index in [2.05, 4.69) is 19.2 Å². The largest absolute Gasteiger partial charge is 0.350 e. The van der Waals surface area contributed by atoms with Gasteiger partial charge in [-0.3, -0.25) is 13.9 Å². The van der Waals surface area contributed by atoms with Crippen LogP contribution in [0.5, 0.6) is 0 Å². The van der Waals surface area contributed by atoms with Gasteiger partial charge < -0.3 is 10.2 Å². The van der Waals surface area contributed by atoms with E-state index < -0.39 is 34.1 Å². The number of halogens is 1. The first-order valence-corrected chi connectivity index (χ1v) is 17.1. The highest BCUT2D eigenvalue weighted by atomic mass is 35.5. The molecule has 7 nitrogen and oxygen atoms in total. The molecular formula is C37H42ClN3O4S. The van der Waals surface area contributed by atoms with Crippen molar-refractivity contribution in [2.24, 2.45) is 0 Å². The van der Waals surface area contributed by atoms with Crippen LogP contribution in [0.3, 0.4) is 0 Å². The van der Waals surface area contributed by atoms with Gasteiger partial charge in [0.2, 0.25) is 11.8 Å². The Balaban J connectivity index is 1.81. The maximum Gasteiger partial charge on any atom is 0.264 e. The quantitative estimate of drug-likeness (QED) is 0.174. The number of carbonyl (C=O) groups excluding carboxylic acids is 2. The number of nitrogens with zero attached hydrogens (tertiary/aromatic N) is 2. The van der Waals surface area contributed by atoms with Crippen LogP contribution in [0.4, 0.5) is 5.69 Å². The summed E-state index contributed by atoms with van der Waals surface area (Å²) in [4.78, 5) is 30.1. The van der Waals surface area contributed by atoms with Gasteiger partial charge in [-0.25, -0.2) is 8.42 Å². The molecule has 4 aromatic carbocycles. The molecule has 0 aromatic heterocycles. The van der Waals surface area contributed by atoms with Crippen molar-refractivity contribution in [3.8, 4) is 0 Å². The number of benzene rings is 4. The Morgan fingerprint density at radius 3 is 1.89 bits per heavy atom. The van der Waals surface area contributed by atoms with Crippen LogP contribution in [-0.2, 0) is 32.6 Å². The second-order valence-electron chi connectivity index (χ2n) is 12.7. The van der Waals surface area contributed by atoms with Gasteiger partial charge in [0.15, 0.2) is 0 Å². The lowest BCUT2D eigenvalue weighted by atomic mass is 10.0. The van der Waals surface area contributed by atoms with Gasteiger partial charge in [0.25, 0.3) is 10.0 Å². The number of rotatable bonds is 12. The second-order valence-corrected chi connectivity index (χ2v) is 15.0. The predicted octanol–water partition coefficient (Wildman–Crippen LogP) is 7.21. The van der Waals surface area contributed by atoms with E-state index in [1.165, 1.54) is 17.0 Å². The average molecular weight is 660 g/mol. The molecule has 0 aliphatic carbocycles. The molecular weight excluding hydrogens is 618 g/mol. The SMILES string of the molecule is CC(C)c1ccc(N(CC(=O)N(Cc2ccc(Cl)cc2)C(Cc2ccccc2)C(=O)NC(C)(C)C)S(=O)(=O)c2ccccc2)cc1. The number of hydrogen-bond acceptors (Lipinski definition) is 4. The Hall–Kier alpha value is -4.14. The zero-order valence-electron chi connectivity index (χ0n) is 27.0. The van der Waals surface area contributed by atoms with Gasteiger partial charge in [0.1, 0.15) is 12.6 Å². The third-order valence-corrected chi connectivity index (χ3v) is 9.53. The van der Waals surface area contributed by atoms with Gasteiger partial charge in [-0.15, -0.1) is 0 Å². The van der Waals surface area contributed by atoms with Crippen LogP contribution in [0.2, 0.25) is 5.02 Å². The van der Waals surface area contributed by atoms with Crippen LogP contribution in [0.15, 0.2) is 114 Å². The summed E-state index contributed by atoms with van der Waals surface area (Å²) in [6.07, 6.45) is 0.233. The summed E-state index contributed by atoms with van der Waals surface area (Å²) in [5.74, 6) is -0.616. The van der Waals surface area contributed by atoms with Crippen LogP contribution in [0, 0.1) is 0 Å². The summed E-state index contributed by atoms with van der Waals surface area (Å²) in [5.41, 5.74) is 2.44. The Bertz CT molecular complexity index is 1700. The van der Waals surface area contributed by atoms with Crippen molar-refractivity contribution in [1.29, 1.82) is 0 Å². The molecule has 9 heteroatoms. The van der Waals surface area contributed by atoms with Crippen molar-refractivity contribution in [2.75, 3.05) is 10.8 Å². The fraction of sp³-hybridized carbons (Fsp3) is 0.297. The summed E-state index contributed by atoms with van der Waals surface area (Å²) in [6.45, 7) is 9.30. The Morgan fingerprint density at radius 1 is 0.783 bits per heavy atom. The number of anilines is 1. The van der Waals surface area contributed by atoms with Crippen molar-refractivity contribution in [3.63, 3.8) is 0 Å². The fourth-order valence-corrected chi connectivity index (χ4v) is 6.63. The van der Waals surface area contributed by atoms with Crippen LogP contribution in [-0.4, -0.2) is 43.3 Å². The topological polar surface area (TPSA) is 86.8 Å². The van der Waals surface area contributed by atoms with Crippen molar-refractivity contribution < 1.29 is 18.0 Å². The normalized spacial score (nSPS) is 12.4. The van der Waals surface area contributed by atoms with E-state index in [9.17, 15) is 18.0 Å². The Kier molecular flexibility index (Phi) is 11.3. The molecule has 1 atom stereocenters. The molecule has 4 aromatic rings. The lowest BCUT2D eigenvalue weighted by Gasteiger charge is -2.35. The van der Waals surface area contributed by atoms with Gasteiger partial charge in [-0.2, -0.15) is 0 Å². The van der Waals surface area contributed by atoms with Gasteiger partial charge in [0, 0.05) is 23.5 Å². The highest BCUT2D eigenvalue weighted by Gasteiger charge is 2.35. The molecule has 1 N–H and O–H groups in total. The Morgan fingerprint density at radius 2 is 1.35 bits per heavy atom. The molecule has 0 heterocycles. The first kappa shape index (κ1) is 34.7. The van der Waals surface area contributed by atoms with Crippen molar-refractivity contribution in [2.45, 2.75) is 70.0 Å². The molecule has 0 aliphatic rings. The molecule has 242 valence electrons. The van der Waals surface area contributed by atoms with E-state index in [1.54, 1.807) is 54.6 Å². The third-order valence-electron chi connectivity index (χ3n) is 7.49. The van der Waals surface area contributed by atoms with Crippen molar-refractivity contribution >= 4 is 39.1 Å². The Labute approximate surface area is 278 Å². The van der Waals surface area contributed by atoms with Crippen LogP contribution < -0.4 is 9.62 Å². The summed E-state index contributed by atoms with van der Waals surface area (Å²) >= 11 is 6.16. The average Bonchev–Trinajstić information content (AvgIpc) is 3.02.